The Hall–Kier alpha value is -2.50. The number of methoxy groups -OCH3 is 1. The largest absolute Gasteiger partial charge is 0.493 e. The molecule has 0 spiro atoms. The van der Waals surface area contributed by atoms with Crippen molar-refractivity contribution >= 4 is 11.5 Å². The molecule has 0 saturated carbocycles. The molecule has 20 heavy (non-hydrogen) atoms. The number of nitrogens with one attached hydrogen (secondary N) is 1. The summed E-state index contributed by atoms with van der Waals surface area (Å²) in [5.41, 5.74) is 6.39. The summed E-state index contributed by atoms with van der Waals surface area (Å²) in [5, 5.41) is 3.14. The first-order valence-electron chi connectivity index (χ1n) is 6.29. The fourth-order valence-electron chi connectivity index (χ4n) is 1.66. The molecule has 6 nitrogen and oxygen atoms in total. The number of nitrogens with zero attached hydrogens (tertiary/aromatic N) is 2. The number of para-hydroxylation sites is 2. The molecule has 0 radical (unpaired) electrons. The molecule has 0 aliphatic carbocycles. The number of nitrogen functional groups attached to an aromatic ring is 1. The van der Waals surface area contributed by atoms with Crippen LogP contribution in [-0.2, 0) is 0 Å². The molecule has 0 unspecified atom stereocenters. The highest BCUT2D eigenvalue weighted by Gasteiger charge is 2.12. The van der Waals surface area contributed by atoms with Crippen molar-refractivity contribution in [2.75, 3.05) is 18.2 Å². The van der Waals surface area contributed by atoms with Crippen molar-refractivity contribution in [2.45, 2.75) is 19.9 Å². The van der Waals surface area contributed by atoms with Gasteiger partial charge in [-0.05, 0) is 26.0 Å². The summed E-state index contributed by atoms with van der Waals surface area (Å²) in [6, 6.07) is 7.52. The molecule has 0 aliphatic rings. The SMILES string of the molecule is COc1ccccc1Oc1ncnc(NC(C)C)c1N. The summed E-state index contributed by atoms with van der Waals surface area (Å²) < 4.78 is 10.9. The van der Waals surface area contributed by atoms with Gasteiger partial charge in [0.05, 0.1) is 7.11 Å². The minimum atomic E-state index is 0.214. The molecule has 0 fully saturated rings. The molecule has 2 rings (SSSR count). The van der Waals surface area contributed by atoms with Crippen LogP contribution in [0.15, 0.2) is 30.6 Å². The number of anilines is 2. The standard InChI is InChI=1S/C14H18N4O2/c1-9(2)18-13-12(15)14(17-8-16-13)20-11-7-5-4-6-10(11)19-3/h4-9H,15H2,1-3H3,(H,16,17,18). The summed E-state index contributed by atoms with van der Waals surface area (Å²) in [7, 11) is 1.58. The molecular formula is C14H18N4O2. The second kappa shape index (κ2) is 6.10. The van der Waals surface area contributed by atoms with Gasteiger partial charge in [0.25, 0.3) is 0 Å². The van der Waals surface area contributed by atoms with E-state index in [0.29, 0.717) is 28.9 Å². The quantitative estimate of drug-likeness (QED) is 0.872. The van der Waals surface area contributed by atoms with Crippen molar-refractivity contribution in [1.82, 2.24) is 9.97 Å². The van der Waals surface area contributed by atoms with Crippen molar-refractivity contribution in [2.24, 2.45) is 0 Å². The van der Waals surface area contributed by atoms with Crippen LogP contribution in [0.1, 0.15) is 13.8 Å². The van der Waals surface area contributed by atoms with E-state index in [1.165, 1.54) is 6.33 Å². The third-order valence-electron chi connectivity index (χ3n) is 2.55. The minimum absolute atomic E-state index is 0.214. The average molecular weight is 274 g/mol. The molecule has 1 aromatic carbocycles. The van der Waals surface area contributed by atoms with E-state index < -0.39 is 0 Å². The predicted molar refractivity (Wildman–Crippen MR) is 78.3 cm³/mol. The van der Waals surface area contributed by atoms with Crippen molar-refractivity contribution in [3.8, 4) is 17.4 Å². The molecule has 0 atom stereocenters. The van der Waals surface area contributed by atoms with Gasteiger partial charge in [0, 0.05) is 6.04 Å². The number of benzene rings is 1. The highest BCUT2D eigenvalue weighted by atomic mass is 16.5. The first kappa shape index (κ1) is 13.9. The lowest BCUT2D eigenvalue weighted by molar-refractivity contribution is 0.374. The molecular weight excluding hydrogens is 256 g/mol. The summed E-state index contributed by atoms with van der Waals surface area (Å²) >= 11 is 0. The second-order valence-electron chi connectivity index (χ2n) is 4.49. The lowest BCUT2D eigenvalue weighted by Gasteiger charge is -2.14. The van der Waals surface area contributed by atoms with E-state index in [1.807, 2.05) is 26.0 Å². The highest BCUT2D eigenvalue weighted by Crippen LogP contribution is 2.34. The Kier molecular flexibility index (Phi) is 4.24. The zero-order valence-corrected chi connectivity index (χ0v) is 11.8. The van der Waals surface area contributed by atoms with Gasteiger partial charge in [-0.25, -0.2) is 4.98 Å². The average Bonchev–Trinajstić information content (AvgIpc) is 2.43. The number of nitrogens with two attached hydrogens (primary N) is 1. The van der Waals surface area contributed by atoms with Crippen LogP contribution in [0.3, 0.4) is 0 Å². The molecule has 0 bridgehead atoms. The third-order valence-corrected chi connectivity index (χ3v) is 2.55. The van der Waals surface area contributed by atoms with Gasteiger partial charge in [0.15, 0.2) is 17.3 Å². The number of ether oxygens (including phenoxy) is 2. The van der Waals surface area contributed by atoms with E-state index in [1.54, 1.807) is 19.2 Å². The molecule has 0 amide bonds. The Morgan fingerprint density at radius 2 is 1.85 bits per heavy atom. The number of aromatic nitrogens is 2. The van der Waals surface area contributed by atoms with Crippen LogP contribution in [0.5, 0.6) is 17.4 Å². The van der Waals surface area contributed by atoms with E-state index in [-0.39, 0.29) is 6.04 Å². The van der Waals surface area contributed by atoms with Gasteiger partial charge in [-0.3, -0.25) is 0 Å². The maximum absolute atomic E-state index is 6.02. The van der Waals surface area contributed by atoms with Crippen LogP contribution in [0, 0.1) is 0 Å². The Bertz CT molecular complexity index is 587. The monoisotopic (exact) mass is 274 g/mol. The summed E-state index contributed by atoms with van der Waals surface area (Å²) in [5.74, 6) is 2.02. The number of hydrogen-bond acceptors (Lipinski definition) is 6. The Morgan fingerprint density at radius 1 is 1.15 bits per heavy atom. The summed E-state index contributed by atoms with van der Waals surface area (Å²) in [6.45, 7) is 4.00. The maximum Gasteiger partial charge on any atom is 0.248 e. The molecule has 0 saturated heterocycles. The molecule has 6 heteroatoms. The van der Waals surface area contributed by atoms with Crippen LogP contribution in [-0.4, -0.2) is 23.1 Å². The van der Waals surface area contributed by atoms with Gasteiger partial charge in [-0.1, -0.05) is 12.1 Å². The zero-order valence-electron chi connectivity index (χ0n) is 11.8. The Balaban J connectivity index is 2.29. The van der Waals surface area contributed by atoms with E-state index in [4.69, 9.17) is 15.2 Å². The molecule has 106 valence electrons. The van der Waals surface area contributed by atoms with E-state index in [2.05, 4.69) is 15.3 Å². The van der Waals surface area contributed by atoms with Gasteiger partial charge in [0.2, 0.25) is 5.88 Å². The van der Waals surface area contributed by atoms with Gasteiger partial charge in [-0.15, -0.1) is 0 Å². The highest BCUT2D eigenvalue weighted by molar-refractivity contribution is 5.67. The third kappa shape index (κ3) is 3.09. The fourth-order valence-corrected chi connectivity index (χ4v) is 1.66. The normalized spacial score (nSPS) is 10.4. The fraction of sp³-hybridized carbons (Fsp3) is 0.286. The number of hydrogen-bond donors (Lipinski definition) is 2. The molecule has 2 aromatic rings. The van der Waals surface area contributed by atoms with Gasteiger partial charge in [0.1, 0.15) is 12.0 Å². The Labute approximate surface area is 118 Å². The van der Waals surface area contributed by atoms with E-state index >= 15 is 0 Å². The van der Waals surface area contributed by atoms with Crippen molar-refractivity contribution in [1.29, 1.82) is 0 Å². The van der Waals surface area contributed by atoms with Crippen molar-refractivity contribution in [3.63, 3.8) is 0 Å². The first-order chi connectivity index (χ1) is 9.61. The number of rotatable bonds is 5. The molecule has 3 N–H and O–H groups in total. The first-order valence-corrected chi connectivity index (χ1v) is 6.29. The smallest absolute Gasteiger partial charge is 0.248 e. The van der Waals surface area contributed by atoms with Crippen LogP contribution in [0.2, 0.25) is 0 Å². The van der Waals surface area contributed by atoms with Crippen molar-refractivity contribution < 1.29 is 9.47 Å². The maximum atomic E-state index is 6.02. The van der Waals surface area contributed by atoms with Crippen molar-refractivity contribution in [3.05, 3.63) is 30.6 Å². The Morgan fingerprint density at radius 3 is 2.50 bits per heavy atom. The molecule has 0 aliphatic heterocycles. The van der Waals surface area contributed by atoms with Crippen LogP contribution in [0.4, 0.5) is 11.5 Å². The predicted octanol–water partition coefficient (Wildman–Crippen LogP) is 2.68. The summed E-state index contributed by atoms with van der Waals surface area (Å²) in [6.07, 6.45) is 1.41. The van der Waals surface area contributed by atoms with Gasteiger partial charge < -0.3 is 20.5 Å². The second-order valence-corrected chi connectivity index (χ2v) is 4.49. The van der Waals surface area contributed by atoms with E-state index in [0.717, 1.165) is 0 Å². The van der Waals surface area contributed by atoms with Gasteiger partial charge in [-0.2, -0.15) is 4.98 Å². The lowest BCUT2D eigenvalue weighted by Crippen LogP contribution is -2.13. The van der Waals surface area contributed by atoms with E-state index in [9.17, 15) is 0 Å². The molecule has 1 heterocycles. The minimum Gasteiger partial charge on any atom is -0.493 e. The zero-order chi connectivity index (χ0) is 14.5. The molecule has 1 aromatic heterocycles. The van der Waals surface area contributed by atoms with Crippen LogP contribution >= 0.6 is 0 Å². The van der Waals surface area contributed by atoms with Crippen LogP contribution in [0.25, 0.3) is 0 Å². The lowest BCUT2D eigenvalue weighted by atomic mass is 10.3. The van der Waals surface area contributed by atoms with Crippen LogP contribution < -0.4 is 20.5 Å². The van der Waals surface area contributed by atoms with Gasteiger partial charge >= 0.3 is 0 Å². The summed E-state index contributed by atoms with van der Waals surface area (Å²) in [4.78, 5) is 8.17. The topological polar surface area (TPSA) is 82.3 Å².